The highest BCUT2D eigenvalue weighted by Gasteiger charge is 2.34. The van der Waals surface area contributed by atoms with Crippen LogP contribution in [0.25, 0.3) is 0 Å². The fraction of sp³-hybridized carbons (Fsp3) is 0.417. The lowest BCUT2D eigenvalue weighted by molar-refractivity contribution is -0.0407. The Balaban J connectivity index is 2.10. The number of nitrogens with zero attached hydrogens (tertiary/aromatic N) is 3. The maximum Gasteiger partial charge on any atom is 0.194 e. The first kappa shape index (κ1) is 14.0. The first-order valence-electron chi connectivity index (χ1n) is 6.08. The summed E-state index contributed by atoms with van der Waals surface area (Å²) in [6.07, 6.45) is 0. The fourth-order valence-corrected chi connectivity index (χ4v) is 3.00. The molecule has 1 N–H and O–H groups in total. The van der Waals surface area contributed by atoms with Crippen LogP contribution in [-0.4, -0.2) is 33.0 Å². The molecule has 3 rings (SSSR count). The second-order valence-corrected chi connectivity index (χ2v) is 5.93. The monoisotopic (exact) mass is 330 g/mol. The van der Waals surface area contributed by atoms with Gasteiger partial charge in [-0.05, 0) is 29.9 Å². The molecule has 0 radical (unpaired) electrons. The van der Waals surface area contributed by atoms with E-state index in [4.69, 9.17) is 40.2 Å². The van der Waals surface area contributed by atoms with Crippen LogP contribution in [-0.2, 0) is 11.8 Å². The Kier molecular flexibility index (Phi) is 3.81. The van der Waals surface area contributed by atoms with E-state index in [1.807, 2.05) is 23.7 Å². The van der Waals surface area contributed by atoms with Gasteiger partial charge in [0.1, 0.15) is 16.1 Å². The predicted octanol–water partition coefficient (Wildman–Crippen LogP) is 2.96. The lowest BCUT2D eigenvalue weighted by Crippen LogP contribution is -2.35. The molecule has 1 unspecified atom stereocenters. The van der Waals surface area contributed by atoms with Crippen LogP contribution in [0.4, 0.5) is 0 Å². The first-order chi connectivity index (χ1) is 9.56. The van der Waals surface area contributed by atoms with E-state index in [1.165, 1.54) is 0 Å². The molecule has 1 aliphatic rings. The summed E-state index contributed by atoms with van der Waals surface area (Å²) in [5.74, 6) is 1.20. The van der Waals surface area contributed by atoms with Crippen LogP contribution in [0.1, 0.15) is 17.3 Å². The molecule has 2 aromatic heterocycles. The SMILES string of the molecule is Cn1c(C(c2cc(Cl)nc(Cl)c2)C2COC2)n[nH]c1=S. The van der Waals surface area contributed by atoms with E-state index in [9.17, 15) is 0 Å². The topological polar surface area (TPSA) is 55.7 Å². The summed E-state index contributed by atoms with van der Waals surface area (Å²) >= 11 is 17.2. The largest absolute Gasteiger partial charge is 0.381 e. The molecular formula is C12H12Cl2N4OS. The van der Waals surface area contributed by atoms with Crippen LogP contribution in [0.5, 0.6) is 0 Å². The normalized spacial score (nSPS) is 16.9. The molecule has 1 fully saturated rings. The summed E-state index contributed by atoms with van der Waals surface area (Å²) in [5.41, 5.74) is 0.973. The number of nitrogens with one attached hydrogen (secondary N) is 1. The van der Waals surface area contributed by atoms with Gasteiger partial charge in [-0.2, -0.15) is 5.10 Å². The van der Waals surface area contributed by atoms with Crippen LogP contribution >= 0.6 is 35.4 Å². The molecule has 0 bridgehead atoms. The Morgan fingerprint density at radius 3 is 2.50 bits per heavy atom. The minimum absolute atomic E-state index is 0.0275. The van der Waals surface area contributed by atoms with Crippen molar-refractivity contribution < 1.29 is 4.74 Å². The summed E-state index contributed by atoms with van der Waals surface area (Å²) in [6, 6.07) is 3.63. The van der Waals surface area contributed by atoms with E-state index in [1.54, 1.807) is 0 Å². The number of H-pyrrole nitrogens is 1. The van der Waals surface area contributed by atoms with Crippen LogP contribution in [0, 0.1) is 10.7 Å². The van der Waals surface area contributed by atoms with Gasteiger partial charge in [-0.15, -0.1) is 0 Å². The Bertz CT molecular complexity index is 675. The van der Waals surface area contributed by atoms with E-state index in [0.29, 0.717) is 34.2 Å². The smallest absolute Gasteiger partial charge is 0.194 e. The van der Waals surface area contributed by atoms with Gasteiger partial charge in [0.05, 0.1) is 19.1 Å². The van der Waals surface area contributed by atoms with Gasteiger partial charge in [0, 0.05) is 13.0 Å². The Morgan fingerprint density at radius 2 is 2.05 bits per heavy atom. The molecule has 0 aliphatic carbocycles. The summed E-state index contributed by atoms with van der Waals surface area (Å²) < 4.78 is 7.75. The molecule has 5 nitrogen and oxygen atoms in total. The second kappa shape index (κ2) is 5.44. The standard InChI is InChI=1S/C12H12Cl2N4OS/c1-18-11(16-17-12(18)20)10(7-4-19-5-7)6-2-8(13)15-9(14)3-6/h2-3,7,10H,4-5H2,1H3,(H,17,20). The van der Waals surface area contributed by atoms with Gasteiger partial charge >= 0.3 is 0 Å². The van der Waals surface area contributed by atoms with Gasteiger partial charge in [-0.25, -0.2) is 4.98 Å². The predicted molar refractivity (Wildman–Crippen MR) is 78.8 cm³/mol. The molecule has 0 amide bonds. The number of aromatic amines is 1. The number of aromatic nitrogens is 4. The van der Waals surface area contributed by atoms with Gasteiger partial charge < -0.3 is 9.30 Å². The van der Waals surface area contributed by atoms with E-state index < -0.39 is 0 Å². The quantitative estimate of drug-likeness (QED) is 0.694. The van der Waals surface area contributed by atoms with Crippen molar-refractivity contribution in [2.24, 2.45) is 13.0 Å². The van der Waals surface area contributed by atoms with Gasteiger partial charge in [0.25, 0.3) is 0 Å². The fourth-order valence-electron chi connectivity index (χ4n) is 2.38. The molecular weight excluding hydrogens is 319 g/mol. The third-order valence-electron chi connectivity index (χ3n) is 3.47. The summed E-state index contributed by atoms with van der Waals surface area (Å²) in [6.45, 7) is 1.36. The minimum atomic E-state index is 0.0275. The zero-order chi connectivity index (χ0) is 14.3. The average molecular weight is 331 g/mol. The minimum Gasteiger partial charge on any atom is -0.381 e. The van der Waals surface area contributed by atoms with Crippen molar-refractivity contribution in [2.45, 2.75) is 5.92 Å². The van der Waals surface area contributed by atoms with Crippen molar-refractivity contribution in [2.75, 3.05) is 13.2 Å². The van der Waals surface area contributed by atoms with Crippen molar-refractivity contribution >= 4 is 35.4 Å². The van der Waals surface area contributed by atoms with Gasteiger partial charge in [0.15, 0.2) is 4.77 Å². The molecule has 0 aromatic carbocycles. The summed E-state index contributed by atoms with van der Waals surface area (Å²) in [7, 11) is 1.89. The highest BCUT2D eigenvalue weighted by atomic mass is 35.5. The van der Waals surface area contributed by atoms with E-state index in [-0.39, 0.29) is 5.92 Å². The first-order valence-corrected chi connectivity index (χ1v) is 7.24. The second-order valence-electron chi connectivity index (χ2n) is 4.77. The molecule has 2 aromatic rings. The zero-order valence-corrected chi connectivity index (χ0v) is 13.0. The van der Waals surface area contributed by atoms with Gasteiger partial charge in [0.2, 0.25) is 0 Å². The van der Waals surface area contributed by atoms with Crippen LogP contribution in [0.3, 0.4) is 0 Å². The van der Waals surface area contributed by atoms with E-state index in [2.05, 4.69) is 15.2 Å². The lowest BCUT2D eigenvalue weighted by atomic mass is 9.84. The molecule has 1 aliphatic heterocycles. The molecule has 106 valence electrons. The number of hydrogen-bond donors (Lipinski definition) is 1. The van der Waals surface area contributed by atoms with Crippen LogP contribution in [0.15, 0.2) is 12.1 Å². The van der Waals surface area contributed by atoms with Crippen molar-refractivity contribution in [3.8, 4) is 0 Å². The van der Waals surface area contributed by atoms with Crippen LogP contribution < -0.4 is 0 Å². The van der Waals surface area contributed by atoms with Gasteiger partial charge in [-0.1, -0.05) is 23.2 Å². The van der Waals surface area contributed by atoms with Crippen molar-refractivity contribution in [1.29, 1.82) is 0 Å². The van der Waals surface area contributed by atoms with Crippen molar-refractivity contribution in [1.82, 2.24) is 19.7 Å². The number of halogens is 2. The number of pyridine rings is 1. The Labute approximate surface area is 130 Å². The number of hydrogen-bond acceptors (Lipinski definition) is 4. The van der Waals surface area contributed by atoms with E-state index >= 15 is 0 Å². The molecule has 3 heterocycles. The van der Waals surface area contributed by atoms with Gasteiger partial charge in [-0.3, -0.25) is 5.10 Å². The number of ether oxygens (including phenoxy) is 1. The van der Waals surface area contributed by atoms with E-state index in [0.717, 1.165) is 11.4 Å². The average Bonchev–Trinajstić information content (AvgIpc) is 2.63. The van der Waals surface area contributed by atoms with Crippen molar-refractivity contribution in [3.05, 3.63) is 38.6 Å². The lowest BCUT2D eigenvalue weighted by Gasteiger charge is -2.33. The molecule has 20 heavy (non-hydrogen) atoms. The summed E-state index contributed by atoms with van der Waals surface area (Å²) in [4.78, 5) is 3.99. The third-order valence-corrected chi connectivity index (χ3v) is 4.22. The highest BCUT2D eigenvalue weighted by Crippen LogP contribution is 2.36. The third kappa shape index (κ3) is 2.48. The maximum atomic E-state index is 6.01. The number of rotatable bonds is 3. The zero-order valence-electron chi connectivity index (χ0n) is 10.6. The molecule has 1 saturated heterocycles. The summed E-state index contributed by atoms with van der Waals surface area (Å²) in [5, 5.41) is 7.89. The molecule has 8 heteroatoms. The van der Waals surface area contributed by atoms with Crippen molar-refractivity contribution in [3.63, 3.8) is 0 Å². The molecule has 0 spiro atoms. The maximum absolute atomic E-state index is 6.01. The molecule has 0 saturated carbocycles. The Hall–Kier alpha value is -0.950. The highest BCUT2D eigenvalue weighted by molar-refractivity contribution is 7.71. The molecule has 1 atom stereocenters. The Morgan fingerprint density at radius 1 is 1.40 bits per heavy atom. The van der Waals surface area contributed by atoms with Crippen LogP contribution in [0.2, 0.25) is 10.3 Å².